The van der Waals surface area contributed by atoms with E-state index >= 15 is 0 Å². The second kappa shape index (κ2) is 19.5. The van der Waals surface area contributed by atoms with Gasteiger partial charge in [-0.3, -0.25) is 38.4 Å². The van der Waals surface area contributed by atoms with Gasteiger partial charge in [0.15, 0.2) is 0 Å². The summed E-state index contributed by atoms with van der Waals surface area (Å²) in [5.41, 5.74) is 5.51. The first kappa shape index (κ1) is 39.1. The van der Waals surface area contributed by atoms with Gasteiger partial charge in [-0.1, -0.05) is 38.0 Å². The van der Waals surface area contributed by atoms with E-state index in [4.69, 9.17) is 5.73 Å². The van der Waals surface area contributed by atoms with E-state index in [1.807, 2.05) is 6.92 Å². The van der Waals surface area contributed by atoms with Crippen molar-refractivity contribution >= 4 is 47.3 Å². The number of carbonyl (C=O) groups is 8. The highest BCUT2D eigenvalue weighted by Crippen LogP contribution is 2.10. The molecule has 4 unspecified atom stereocenters. The van der Waals surface area contributed by atoms with Gasteiger partial charge < -0.3 is 43.0 Å². The van der Waals surface area contributed by atoms with E-state index in [2.05, 4.69) is 37.2 Å². The second-order valence-corrected chi connectivity index (χ2v) is 11.5. The van der Waals surface area contributed by atoms with Crippen LogP contribution in [0.5, 0.6) is 0 Å². The van der Waals surface area contributed by atoms with Crippen molar-refractivity contribution in [3.8, 4) is 0 Å². The third-order valence-electron chi connectivity index (χ3n) is 7.46. The molecule has 9 N–H and O–H groups in total. The zero-order valence-corrected chi connectivity index (χ0v) is 27.3. The van der Waals surface area contributed by atoms with Gasteiger partial charge in [-0.2, -0.15) is 0 Å². The Balaban J connectivity index is 2.35. The molecule has 264 valence electrons. The van der Waals surface area contributed by atoms with Crippen molar-refractivity contribution < 1.29 is 42.7 Å². The van der Waals surface area contributed by atoms with Crippen LogP contribution in [0.3, 0.4) is 0 Å². The number of unbranched alkanes of at least 4 members (excludes halogenated alkanes) is 1. The minimum Gasteiger partial charge on any atom is -0.368 e. The standard InChI is InChI=1S/C31H45FN8O8/c1-4-5-10-22(37-18(3)41)30(47)40-23-11-12-25(42)34-14-13-21(27(33)44)39-28(45)17(2)36-31(48)24(38-26(43)16-35-29(23)46)15-19-8-6-7-9-20(19)32/h6-9,17,21-24H,4-5,10-16H2,1-3H3,(H2,33,44)(H,34,42)(H,35,46)(H,36,48)(H,37,41)(H,38,43)(H,39,45)(H,40,47)/t17?,21?,22-,23?,24?/m0/s1. The van der Waals surface area contributed by atoms with Crippen LogP contribution in [-0.4, -0.2) is 90.6 Å². The number of primary amides is 1. The predicted octanol–water partition coefficient (Wildman–Crippen LogP) is -2.08. The van der Waals surface area contributed by atoms with Crippen molar-refractivity contribution in [2.24, 2.45) is 5.73 Å². The molecule has 0 aliphatic carbocycles. The van der Waals surface area contributed by atoms with Gasteiger partial charge in [-0.05, 0) is 37.8 Å². The molecule has 5 atom stereocenters. The quantitative estimate of drug-likeness (QED) is 0.144. The Morgan fingerprint density at radius 3 is 2.31 bits per heavy atom. The van der Waals surface area contributed by atoms with Gasteiger partial charge in [0.05, 0.1) is 6.54 Å². The Hall–Kier alpha value is -5.09. The van der Waals surface area contributed by atoms with Crippen LogP contribution in [0.25, 0.3) is 0 Å². The van der Waals surface area contributed by atoms with Crippen LogP contribution in [0.4, 0.5) is 4.39 Å². The van der Waals surface area contributed by atoms with Gasteiger partial charge in [0.2, 0.25) is 47.3 Å². The summed E-state index contributed by atoms with van der Waals surface area (Å²) in [6, 6.07) is -0.543. The van der Waals surface area contributed by atoms with Gasteiger partial charge in [0.1, 0.15) is 36.0 Å². The van der Waals surface area contributed by atoms with Crippen LogP contribution < -0.4 is 43.0 Å². The molecule has 8 amide bonds. The average molecular weight is 677 g/mol. The zero-order valence-electron chi connectivity index (χ0n) is 27.3. The SMILES string of the molecule is CCCC[C@H](NC(C)=O)C(=O)NC1CCC(=O)NCCC(C(N)=O)NC(=O)C(C)NC(=O)C(Cc2ccccc2F)NC(=O)CNC1=O. The molecule has 1 saturated heterocycles. The minimum absolute atomic E-state index is 0.0861. The molecule has 2 rings (SSSR count). The maximum Gasteiger partial charge on any atom is 0.243 e. The molecular formula is C31H45FN8O8. The molecule has 0 spiro atoms. The van der Waals surface area contributed by atoms with Gasteiger partial charge in [-0.15, -0.1) is 0 Å². The van der Waals surface area contributed by atoms with E-state index in [0.717, 1.165) is 6.42 Å². The molecule has 1 aliphatic heterocycles. The fraction of sp³-hybridized carbons (Fsp3) is 0.548. The zero-order chi connectivity index (χ0) is 35.8. The predicted molar refractivity (Wildman–Crippen MR) is 170 cm³/mol. The number of carbonyl (C=O) groups excluding carboxylic acids is 8. The van der Waals surface area contributed by atoms with E-state index in [1.54, 1.807) is 0 Å². The Labute approximate surface area is 277 Å². The molecule has 1 aliphatic rings. The Morgan fingerprint density at radius 1 is 0.958 bits per heavy atom. The van der Waals surface area contributed by atoms with Crippen LogP contribution >= 0.6 is 0 Å². The minimum atomic E-state index is -1.40. The highest BCUT2D eigenvalue weighted by atomic mass is 19.1. The van der Waals surface area contributed by atoms with Gasteiger partial charge in [0.25, 0.3) is 0 Å². The van der Waals surface area contributed by atoms with E-state index < -0.39 is 89.8 Å². The highest BCUT2D eigenvalue weighted by Gasteiger charge is 2.30. The largest absolute Gasteiger partial charge is 0.368 e. The van der Waals surface area contributed by atoms with Gasteiger partial charge in [0, 0.05) is 26.3 Å². The number of nitrogens with two attached hydrogens (primary N) is 1. The van der Waals surface area contributed by atoms with Crippen molar-refractivity contribution in [2.75, 3.05) is 13.1 Å². The lowest BCUT2D eigenvalue weighted by atomic mass is 10.0. The molecule has 1 heterocycles. The summed E-state index contributed by atoms with van der Waals surface area (Å²) in [6.07, 6.45) is 0.736. The number of rotatable bonds is 9. The highest BCUT2D eigenvalue weighted by molar-refractivity contribution is 5.96. The molecule has 1 aromatic carbocycles. The first-order valence-corrected chi connectivity index (χ1v) is 15.8. The maximum absolute atomic E-state index is 14.5. The Kier molecular flexibility index (Phi) is 15.9. The summed E-state index contributed by atoms with van der Waals surface area (Å²) < 4.78 is 14.5. The molecule has 1 aromatic rings. The van der Waals surface area contributed by atoms with E-state index in [1.165, 1.54) is 38.1 Å². The molecule has 0 radical (unpaired) electrons. The molecule has 0 saturated carbocycles. The topological polar surface area (TPSA) is 247 Å². The average Bonchev–Trinajstić information content (AvgIpc) is 3.02. The molecule has 17 heteroatoms. The van der Waals surface area contributed by atoms with Crippen molar-refractivity contribution in [2.45, 2.75) is 95.9 Å². The van der Waals surface area contributed by atoms with Crippen molar-refractivity contribution in [1.29, 1.82) is 0 Å². The molecule has 0 aromatic heterocycles. The monoisotopic (exact) mass is 676 g/mol. The third kappa shape index (κ3) is 13.3. The number of nitrogens with one attached hydrogen (secondary N) is 7. The van der Waals surface area contributed by atoms with Crippen molar-refractivity contribution in [3.63, 3.8) is 0 Å². The molecule has 16 nitrogen and oxygen atoms in total. The number of benzene rings is 1. The third-order valence-corrected chi connectivity index (χ3v) is 7.46. The Bertz CT molecular complexity index is 1360. The van der Waals surface area contributed by atoms with E-state index in [0.29, 0.717) is 12.8 Å². The fourth-order valence-corrected chi connectivity index (χ4v) is 4.77. The first-order valence-electron chi connectivity index (χ1n) is 15.8. The van der Waals surface area contributed by atoms with Gasteiger partial charge >= 0.3 is 0 Å². The molecule has 0 bridgehead atoms. The summed E-state index contributed by atoms with van der Waals surface area (Å²) >= 11 is 0. The number of hydrogen-bond acceptors (Lipinski definition) is 8. The van der Waals surface area contributed by atoms with Crippen LogP contribution in [0.2, 0.25) is 0 Å². The lowest BCUT2D eigenvalue weighted by Gasteiger charge is -2.24. The van der Waals surface area contributed by atoms with Crippen molar-refractivity contribution in [3.05, 3.63) is 35.6 Å². The van der Waals surface area contributed by atoms with Crippen molar-refractivity contribution in [1.82, 2.24) is 37.2 Å². The lowest BCUT2D eigenvalue weighted by molar-refractivity contribution is -0.134. The smallest absolute Gasteiger partial charge is 0.243 e. The second-order valence-electron chi connectivity index (χ2n) is 11.5. The fourth-order valence-electron chi connectivity index (χ4n) is 4.77. The van der Waals surface area contributed by atoms with Crippen LogP contribution in [-0.2, 0) is 44.8 Å². The number of hydrogen-bond donors (Lipinski definition) is 8. The van der Waals surface area contributed by atoms with Crippen LogP contribution in [0.1, 0.15) is 64.9 Å². The van der Waals surface area contributed by atoms with Crippen LogP contribution in [0.15, 0.2) is 24.3 Å². The van der Waals surface area contributed by atoms with E-state index in [9.17, 15) is 42.7 Å². The van der Waals surface area contributed by atoms with Gasteiger partial charge in [-0.25, -0.2) is 4.39 Å². The summed E-state index contributed by atoms with van der Waals surface area (Å²) in [4.78, 5) is 102. The molecule has 48 heavy (non-hydrogen) atoms. The molecular weight excluding hydrogens is 631 g/mol. The summed E-state index contributed by atoms with van der Waals surface area (Å²) in [7, 11) is 0. The Morgan fingerprint density at radius 2 is 1.67 bits per heavy atom. The van der Waals surface area contributed by atoms with Crippen LogP contribution in [0, 0.1) is 5.82 Å². The summed E-state index contributed by atoms with van der Waals surface area (Å²) in [6.45, 7) is 3.71. The summed E-state index contributed by atoms with van der Waals surface area (Å²) in [5.74, 6) is -6.54. The lowest BCUT2D eigenvalue weighted by Crippen LogP contribution is -2.57. The molecule has 1 fully saturated rings. The first-order chi connectivity index (χ1) is 22.7. The maximum atomic E-state index is 14.5. The normalized spacial score (nSPS) is 22.5. The summed E-state index contributed by atoms with van der Waals surface area (Å²) in [5, 5.41) is 17.3. The van der Waals surface area contributed by atoms with E-state index in [-0.39, 0.29) is 37.8 Å². The number of amides is 8. The number of halogens is 1.